The first kappa shape index (κ1) is 18.0. The van der Waals surface area contributed by atoms with Gasteiger partial charge in [-0.3, -0.25) is 4.90 Å². The molecule has 2 aromatic carbocycles. The van der Waals surface area contributed by atoms with E-state index < -0.39 is 6.10 Å². The molecule has 0 aromatic heterocycles. The number of benzene rings is 2. The molecule has 0 saturated carbocycles. The van der Waals surface area contributed by atoms with Crippen LogP contribution in [-0.4, -0.2) is 60.5 Å². The molecule has 0 radical (unpaired) electrons. The zero-order valence-corrected chi connectivity index (χ0v) is 15.6. The number of aromatic hydroxyl groups is 1. The van der Waals surface area contributed by atoms with Crippen LogP contribution in [0.3, 0.4) is 0 Å². The number of aliphatic hydroxyl groups is 1. The highest BCUT2D eigenvalue weighted by molar-refractivity contribution is 9.10. The standard InChI is InChI=1S/C19H23BrN2O3/c20-15-1-3-16(4-2-15)22-11-9-21(10-12-22)13-18(24)14-25-19-7-5-17(23)6-8-19/h1-8,18,23-24H,9-14H2. The van der Waals surface area contributed by atoms with Crippen molar-refractivity contribution in [3.05, 3.63) is 53.0 Å². The van der Waals surface area contributed by atoms with Crippen LogP contribution in [0, 0.1) is 0 Å². The first-order valence-corrected chi connectivity index (χ1v) is 9.22. The molecule has 5 nitrogen and oxygen atoms in total. The molecular weight excluding hydrogens is 384 g/mol. The summed E-state index contributed by atoms with van der Waals surface area (Å²) in [6.07, 6.45) is -0.534. The van der Waals surface area contributed by atoms with E-state index in [0.29, 0.717) is 12.3 Å². The molecule has 1 aliphatic heterocycles. The number of rotatable bonds is 6. The first-order valence-electron chi connectivity index (χ1n) is 8.43. The second kappa shape index (κ2) is 8.56. The highest BCUT2D eigenvalue weighted by atomic mass is 79.9. The van der Waals surface area contributed by atoms with E-state index in [2.05, 4.69) is 50.0 Å². The second-order valence-electron chi connectivity index (χ2n) is 6.22. The summed E-state index contributed by atoms with van der Waals surface area (Å²) in [5.41, 5.74) is 1.24. The molecule has 25 heavy (non-hydrogen) atoms. The van der Waals surface area contributed by atoms with Crippen LogP contribution in [0.2, 0.25) is 0 Å². The van der Waals surface area contributed by atoms with Crippen LogP contribution in [0.15, 0.2) is 53.0 Å². The van der Waals surface area contributed by atoms with Crippen molar-refractivity contribution in [3.8, 4) is 11.5 Å². The van der Waals surface area contributed by atoms with Gasteiger partial charge in [0, 0.05) is 42.9 Å². The van der Waals surface area contributed by atoms with Gasteiger partial charge in [0.2, 0.25) is 0 Å². The Bertz CT molecular complexity index is 655. The Labute approximate surface area is 156 Å². The van der Waals surface area contributed by atoms with Crippen molar-refractivity contribution in [2.45, 2.75) is 6.10 Å². The minimum atomic E-state index is -0.534. The van der Waals surface area contributed by atoms with Gasteiger partial charge in [-0.25, -0.2) is 0 Å². The van der Waals surface area contributed by atoms with Gasteiger partial charge >= 0.3 is 0 Å². The van der Waals surface area contributed by atoms with Gasteiger partial charge in [-0.15, -0.1) is 0 Å². The molecular formula is C19H23BrN2O3. The van der Waals surface area contributed by atoms with Gasteiger partial charge in [-0.1, -0.05) is 15.9 Å². The Morgan fingerprint density at radius 2 is 1.60 bits per heavy atom. The van der Waals surface area contributed by atoms with E-state index in [0.717, 1.165) is 30.7 Å². The van der Waals surface area contributed by atoms with Crippen LogP contribution in [0.1, 0.15) is 0 Å². The summed E-state index contributed by atoms with van der Waals surface area (Å²) in [5, 5.41) is 19.4. The normalized spacial score (nSPS) is 16.6. The second-order valence-corrected chi connectivity index (χ2v) is 7.14. The number of hydrogen-bond donors (Lipinski definition) is 2. The summed E-state index contributed by atoms with van der Waals surface area (Å²) in [4.78, 5) is 4.63. The Morgan fingerprint density at radius 1 is 0.960 bits per heavy atom. The average Bonchev–Trinajstić information content (AvgIpc) is 2.63. The van der Waals surface area contributed by atoms with Gasteiger partial charge in [0.05, 0.1) is 0 Å². The molecule has 2 N–H and O–H groups in total. The number of nitrogens with zero attached hydrogens (tertiary/aromatic N) is 2. The van der Waals surface area contributed by atoms with Gasteiger partial charge in [-0.05, 0) is 48.5 Å². The van der Waals surface area contributed by atoms with E-state index in [1.807, 2.05) is 0 Å². The molecule has 0 spiro atoms. The lowest BCUT2D eigenvalue weighted by molar-refractivity contribution is 0.0663. The smallest absolute Gasteiger partial charge is 0.119 e. The third kappa shape index (κ3) is 5.36. The number of anilines is 1. The van der Waals surface area contributed by atoms with Crippen LogP contribution >= 0.6 is 15.9 Å². The Hall–Kier alpha value is -1.76. The highest BCUT2D eigenvalue weighted by Crippen LogP contribution is 2.20. The largest absolute Gasteiger partial charge is 0.508 e. The first-order chi connectivity index (χ1) is 12.1. The van der Waals surface area contributed by atoms with Gasteiger partial charge in [0.15, 0.2) is 0 Å². The lowest BCUT2D eigenvalue weighted by Gasteiger charge is -2.36. The van der Waals surface area contributed by atoms with E-state index in [1.54, 1.807) is 24.3 Å². The number of halogens is 1. The number of aliphatic hydroxyl groups excluding tert-OH is 1. The van der Waals surface area contributed by atoms with Crippen molar-refractivity contribution in [1.82, 2.24) is 4.90 Å². The SMILES string of the molecule is Oc1ccc(OCC(O)CN2CCN(c3ccc(Br)cc3)CC2)cc1. The quantitative estimate of drug-likeness (QED) is 0.772. The Kier molecular flexibility index (Phi) is 6.18. The maximum atomic E-state index is 10.2. The fraction of sp³-hybridized carbons (Fsp3) is 0.368. The molecule has 0 aliphatic carbocycles. The van der Waals surface area contributed by atoms with Crippen molar-refractivity contribution in [1.29, 1.82) is 0 Å². The summed E-state index contributed by atoms with van der Waals surface area (Å²) in [5.74, 6) is 0.855. The van der Waals surface area contributed by atoms with Crippen molar-refractivity contribution in [2.75, 3.05) is 44.2 Å². The van der Waals surface area contributed by atoms with Crippen molar-refractivity contribution in [2.24, 2.45) is 0 Å². The van der Waals surface area contributed by atoms with Gasteiger partial charge in [0.25, 0.3) is 0 Å². The summed E-state index contributed by atoms with van der Waals surface area (Å²) in [7, 11) is 0. The predicted molar refractivity (Wildman–Crippen MR) is 102 cm³/mol. The average molecular weight is 407 g/mol. The lowest BCUT2D eigenvalue weighted by atomic mass is 10.2. The van der Waals surface area contributed by atoms with Crippen molar-refractivity contribution < 1.29 is 14.9 Å². The molecule has 0 bridgehead atoms. The molecule has 134 valence electrons. The van der Waals surface area contributed by atoms with E-state index in [1.165, 1.54) is 5.69 Å². The summed E-state index contributed by atoms with van der Waals surface area (Å²) >= 11 is 3.46. The maximum absolute atomic E-state index is 10.2. The summed E-state index contributed by atoms with van der Waals surface area (Å²) < 4.78 is 6.65. The Balaban J connectivity index is 1.40. The third-order valence-corrected chi connectivity index (χ3v) is 4.84. The molecule has 1 atom stereocenters. The minimum absolute atomic E-state index is 0.205. The maximum Gasteiger partial charge on any atom is 0.119 e. The number of β-amino-alcohol motifs (C(OH)–C–C–N with tert-alkyl or cyclic N) is 1. The van der Waals surface area contributed by atoms with Crippen LogP contribution in [-0.2, 0) is 0 Å². The highest BCUT2D eigenvalue weighted by Gasteiger charge is 2.19. The molecule has 1 unspecified atom stereocenters. The summed E-state index contributed by atoms with van der Waals surface area (Å²) in [6, 6.07) is 14.9. The predicted octanol–water partition coefficient (Wildman–Crippen LogP) is 2.72. The fourth-order valence-electron chi connectivity index (χ4n) is 2.93. The van der Waals surface area contributed by atoms with Crippen molar-refractivity contribution in [3.63, 3.8) is 0 Å². The molecule has 1 aliphatic rings. The number of phenolic OH excluding ortho intramolecular Hbond substituents is 1. The molecule has 0 amide bonds. The van der Waals surface area contributed by atoms with Gasteiger partial charge < -0.3 is 19.8 Å². The van der Waals surface area contributed by atoms with E-state index >= 15 is 0 Å². The molecule has 3 rings (SSSR count). The topological polar surface area (TPSA) is 56.2 Å². The Morgan fingerprint density at radius 3 is 2.24 bits per heavy atom. The minimum Gasteiger partial charge on any atom is -0.508 e. The van der Waals surface area contributed by atoms with E-state index in [-0.39, 0.29) is 12.4 Å². The van der Waals surface area contributed by atoms with Gasteiger partial charge in [0.1, 0.15) is 24.2 Å². The number of piperazine rings is 1. The van der Waals surface area contributed by atoms with Crippen LogP contribution in [0.4, 0.5) is 5.69 Å². The van der Waals surface area contributed by atoms with E-state index in [9.17, 15) is 10.2 Å². The molecule has 1 fully saturated rings. The number of hydrogen-bond acceptors (Lipinski definition) is 5. The zero-order chi connectivity index (χ0) is 17.6. The monoisotopic (exact) mass is 406 g/mol. The molecule has 1 saturated heterocycles. The van der Waals surface area contributed by atoms with Crippen LogP contribution in [0.5, 0.6) is 11.5 Å². The van der Waals surface area contributed by atoms with Crippen LogP contribution in [0.25, 0.3) is 0 Å². The molecule has 2 aromatic rings. The number of phenols is 1. The molecule has 1 heterocycles. The lowest BCUT2D eigenvalue weighted by Crippen LogP contribution is -2.49. The summed E-state index contributed by atoms with van der Waals surface area (Å²) in [6.45, 7) is 4.60. The molecule has 6 heteroatoms. The van der Waals surface area contributed by atoms with Gasteiger partial charge in [-0.2, -0.15) is 0 Å². The zero-order valence-electron chi connectivity index (χ0n) is 14.0. The van der Waals surface area contributed by atoms with E-state index in [4.69, 9.17) is 4.74 Å². The van der Waals surface area contributed by atoms with Crippen LogP contribution < -0.4 is 9.64 Å². The third-order valence-electron chi connectivity index (χ3n) is 4.31. The fourth-order valence-corrected chi connectivity index (χ4v) is 3.19. The van der Waals surface area contributed by atoms with Crippen molar-refractivity contribution >= 4 is 21.6 Å². The number of ether oxygens (including phenoxy) is 1.